The Morgan fingerprint density at radius 2 is 2.15 bits per heavy atom. The van der Waals surface area contributed by atoms with Gasteiger partial charge in [-0.15, -0.1) is 0 Å². The fourth-order valence-corrected chi connectivity index (χ4v) is 3.85. The van der Waals surface area contributed by atoms with Crippen molar-refractivity contribution in [3.8, 4) is 0 Å². The molecular weight excluding hydrogens is 272 g/mol. The summed E-state index contributed by atoms with van der Waals surface area (Å²) in [5, 5.41) is 4.06. The lowest BCUT2D eigenvalue weighted by molar-refractivity contribution is 0.0649. The van der Waals surface area contributed by atoms with Gasteiger partial charge in [-0.1, -0.05) is 31.5 Å². The quantitative estimate of drug-likeness (QED) is 0.929. The van der Waals surface area contributed by atoms with Crippen LogP contribution in [0.3, 0.4) is 0 Å². The lowest BCUT2D eigenvalue weighted by Crippen LogP contribution is -2.48. The first-order valence-electron chi connectivity index (χ1n) is 7.51. The standard InChI is InChI=1S/C16H21ClN2O/c1-3-5-19-14-9-18-8-12(14)11-6-10(4-2)7-13(17)15(11)16(19)20/h6-7,12,14,18H,3-5,8-9H2,1-2H3/t12-,14+/m1/s1. The molecule has 3 rings (SSSR count). The van der Waals surface area contributed by atoms with Crippen molar-refractivity contribution in [3.63, 3.8) is 0 Å². The number of benzene rings is 1. The molecule has 1 N–H and O–H groups in total. The van der Waals surface area contributed by atoms with Gasteiger partial charge >= 0.3 is 0 Å². The van der Waals surface area contributed by atoms with E-state index in [1.807, 2.05) is 11.0 Å². The SMILES string of the molecule is CCCN1C(=O)c2c(Cl)cc(CC)cc2[C@H]2CNC[C@@H]21. The van der Waals surface area contributed by atoms with Crippen LogP contribution >= 0.6 is 11.6 Å². The van der Waals surface area contributed by atoms with Crippen LogP contribution in [0.5, 0.6) is 0 Å². The number of fused-ring (bicyclic) bond motifs is 3. The molecule has 0 unspecified atom stereocenters. The van der Waals surface area contributed by atoms with Crippen LogP contribution in [-0.4, -0.2) is 36.5 Å². The Balaban J connectivity index is 2.13. The molecule has 2 heterocycles. The maximum absolute atomic E-state index is 12.8. The molecule has 2 aliphatic heterocycles. The second-order valence-corrected chi connectivity index (χ2v) is 6.13. The molecule has 0 spiro atoms. The summed E-state index contributed by atoms with van der Waals surface area (Å²) >= 11 is 6.41. The Morgan fingerprint density at radius 1 is 1.35 bits per heavy atom. The largest absolute Gasteiger partial charge is 0.334 e. The van der Waals surface area contributed by atoms with E-state index in [0.717, 1.165) is 43.6 Å². The van der Waals surface area contributed by atoms with E-state index in [2.05, 4.69) is 25.2 Å². The van der Waals surface area contributed by atoms with Crippen molar-refractivity contribution in [2.45, 2.75) is 38.6 Å². The average Bonchev–Trinajstić information content (AvgIpc) is 2.92. The summed E-state index contributed by atoms with van der Waals surface area (Å²) in [4.78, 5) is 14.8. The summed E-state index contributed by atoms with van der Waals surface area (Å²) in [7, 11) is 0. The van der Waals surface area contributed by atoms with Crippen molar-refractivity contribution in [3.05, 3.63) is 33.8 Å². The molecule has 2 atom stereocenters. The van der Waals surface area contributed by atoms with Gasteiger partial charge in [-0.25, -0.2) is 0 Å². The van der Waals surface area contributed by atoms with E-state index in [4.69, 9.17) is 11.6 Å². The molecular formula is C16H21ClN2O. The maximum atomic E-state index is 12.8. The monoisotopic (exact) mass is 292 g/mol. The molecule has 3 nitrogen and oxygen atoms in total. The first-order valence-corrected chi connectivity index (χ1v) is 7.89. The van der Waals surface area contributed by atoms with Gasteiger partial charge in [-0.2, -0.15) is 0 Å². The summed E-state index contributed by atoms with van der Waals surface area (Å²) < 4.78 is 0. The molecule has 4 heteroatoms. The van der Waals surface area contributed by atoms with Gasteiger partial charge in [0.25, 0.3) is 5.91 Å². The minimum atomic E-state index is 0.111. The van der Waals surface area contributed by atoms with Gasteiger partial charge in [0.1, 0.15) is 0 Å². The van der Waals surface area contributed by atoms with Gasteiger partial charge in [-0.05, 0) is 30.0 Å². The highest BCUT2D eigenvalue weighted by atomic mass is 35.5. The molecule has 0 bridgehead atoms. The van der Waals surface area contributed by atoms with Gasteiger partial charge in [0.2, 0.25) is 0 Å². The van der Waals surface area contributed by atoms with Gasteiger partial charge in [0.15, 0.2) is 0 Å². The van der Waals surface area contributed by atoms with E-state index in [9.17, 15) is 4.79 Å². The number of halogens is 1. The highest BCUT2D eigenvalue weighted by Crippen LogP contribution is 2.39. The van der Waals surface area contributed by atoms with Crippen LogP contribution in [0.15, 0.2) is 12.1 Å². The molecule has 20 heavy (non-hydrogen) atoms. The zero-order valence-corrected chi connectivity index (χ0v) is 12.8. The Morgan fingerprint density at radius 3 is 2.85 bits per heavy atom. The fourth-order valence-electron chi connectivity index (χ4n) is 3.52. The van der Waals surface area contributed by atoms with E-state index >= 15 is 0 Å². The van der Waals surface area contributed by atoms with E-state index in [-0.39, 0.29) is 11.9 Å². The van der Waals surface area contributed by atoms with Gasteiger partial charge < -0.3 is 10.2 Å². The van der Waals surface area contributed by atoms with Crippen molar-refractivity contribution in [2.24, 2.45) is 0 Å². The Hall–Kier alpha value is -1.06. The molecule has 108 valence electrons. The van der Waals surface area contributed by atoms with Crippen LogP contribution < -0.4 is 5.32 Å². The van der Waals surface area contributed by atoms with Gasteiger partial charge in [0.05, 0.1) is 16.6 Å². The molecule has 1 aromatic rings. The second kappa shape index (κ2) is 5.38. The van der Waals surface area contributed by atoms with Crippen LogP contribution in [0.4, 0.5) is 0 Å². The van der Waals surface area contributed by atoms with Crippen molar-refractivity contribution in [2.75, 3.05) is 19.6 Å². The van der Waals surface area contributed by atoms with Crippen LogP contribution in [0.25, 0.3) is 0 Å². The first-order chi connectivity index (χ1) is 9.67. The number of nitrogens with zero attached hydrogens (tertiary/aromatic N) is 1. The van der Waals surface area contributed by atoms with Gasteiger partial charge in [0, 0.05) is 25.6 Å². The third-order valence-corrected chi connectivity index (χ3v) is 4.81. The topological polar surface area (TPSA) is 32.3 Å². The van der Waals surface area contributed by atoms with Crippen molar-refractivity contribution >= 4 is 17.5 Å². The molecule has 0 aromatic heterocycles. The van der Waals surface area contributed by atoms with Gasteiger partial charge in [-0.3, -0.25) is 4.79 Å². The Bertz CT molecular complexity index is 544. The predicted molar refractivity (Wildman–Crippen MR) is 81.6 cm³/mol. The number of nitrogens with one attached hydrogen (secondary N) is 1. The fraction of sp³-hybridized carbons (Fsp3) is 0.562. The summed E-state index contributed by atoms with van der Waals surface area (Å²) in [5.74, 6) is 0.498. The number of carbonyl (C=O) groups is 1. The lowest BCUT2D eigenvalue weighted by Gasteiger charge is -2.38. The highest BCUT2D eigenvalue weighted by molar-refractivity contribution is 6.34. The lowest BCUT2D eigenvalue weighted by atomic mass is 9.83. The molecule has 0 radical (unpaired) electrons. The van der Waals surface area contributed by atoms with Crippen LogP contribution in [0, 0.1) is 0 Å². The van der Waals surface area contributed by atoms with E-state index in [1.54, 1.807) is 0 Å². The van der Waals surface area contributed by atoms with E-state index < -0.39 is 0 Å². The minimum Gasteiger partial charge on any atom is -0.334 e. The molecule has 1 saturated heterocycles. The maximum Gasteiger partial charge on any atom is 0.255 e. The first kappa shape index (κ1) is 13.9. The van der Waals surface area contributed by atoms with Crippen molar-refractivity contribution in [1.82, 2.24) is 10.2 Å². The number of amides is 1. The number of aryl methyl sites for hydroxylation is 1. The summed E-state index contributed by atoms with van der Waals surface area (Å²) in [6.07, 6.45) is 1.93. The van der Waals surface area contributed by atoms with Crippen LogP contribution in [0.2, 0.25) is 5.02 Å². The molecule has 1 aromatic carbocycles. The van der Waals surface area contributed by atoms with E-state index in [1.165, 1.54) is 5.56 Å². The highest BCUT2D eigenvalue weighted by Gasteiger charge is 2.42. The number of hydrogen-bond donors (Lipinski definition) is 1. The number of carbonyl (C=O) groups excluding carboxylic acids is 1. The zero-order valence-electron chi connectivity index (χ0n) is 12.1. The smallest absolute Gasteiger partial charge is 0.255 e. The molecule has 1 fully saturated rings. The Kier molecular flexibility index (Phi) is 3.74. The Labute approximate surface area is 125 Å². The molecule has 1 amide bonds. The average molecular weight is 293 g/mol. The molecule has 0 saturated carbocycles. The summed E-state index contributed by atoms with van der Waals surface area (Å²) in [5.41, 5.74) is 3.11. The number of rotatable bonds is 3. The van der Waals surface area contributed by atoms with Crippen molar-refractivity contribution < 1.29 is 4.79 Å². The third kappa shape index (κ3) is 2.04. The van der Waals surface area contributed by atoms with Crippen LogP contribution in [0.1, 0.15) is 47.7 Å². The van der Waals surface area contributed by atoms with Crippen molar-refractivity contribution in [1.29, 1.82) is 0 Å². The third-order valence-electron chi connectivity index (χ3n) is 4.51. The molecule has 0 aliphatic carbocycles. The summed E-state index contributed by atoms with van der Waals surface area (Å²) in [6, 6.07) is 4.43. The van der Waals surface area contributed by atoms with E-state index in [0.29, 0.717) is 10.9 Å². The van der Waals surface area contributed by atoms with Crippen LogP contribution in [-0.2, 0) is 6.42 Å². The zero-order chi connectivity index (χ0) is 14.3. The normalized spacial score (nSPS) is 24.8. The molecule has 2 aliphatic rings. The minimum absolute atomic E-state index is 0.111. The number of hydrogen-bond acceptors (Lipinski definition) is 2. The predicted octanol–water partition coefficient (Wildman–Crippen LogP) is 2.82. The summed E-state index contributed by atoms with van der Waals surface area (Å²) in [6.45, 7) is 6.88. The second-order valence-electron chi connectivity index (χ2n) is 5.73.